The second kappa shape index (κ2) is 8.60. The van der Waals surface area contributed by atoms with Gasteiger partial charge in [0, 0.05) is 0 Å². The maximum absolute atomic E-state index is 13.2. The second-order valence-corrected chi connectivity index (χ2v) is 6.28. The van der Waals surface area contributed by atoms with E-state index < -0.39 is 0 Å². The highest BCUT2D eigenvalue weighted by atomic mass is 79.9. The fourth-order valence-electron chi connectivity index (χ4n) is 2.07. The fraction of sp³-hybridized carbons (Fsp3) is 0.111. The zero-order valence-corrected chi connectivity index (χ0v) is 15.7. The minimum atomic E-state index is -0.325. The van der Waals surface area contributed by atoms with Crippen molar-refractivity contribution in [1.82, 2.24) is 0 Å². The Bertz CT molecular complexity index is 878. The van der Waals surface area contributed by atoms with Gasteiger partial charge in [0.15, 0.2) is 11.5 Å². The van der Waals surface area contributed by atoms with Crippen LogP contribution in [0.25, 0.3) is 6.08 Å². The summed E-state index contributed by atoms with van der Waals surface area (Å²) in [4.78, 5) is 0.0176. The number of methoxy groups -OCH3 is 1. The van der Waals surface area contributed by atoms with E-state index in [1.165, 1.54) is 19.2 Å². The predicted octanol–water partition coefficient (Wildman–Crippen LogP) is 4.37. The number of ether oxygens (including phenoxy) is 2. The van der Waals surface area contributed by atoms with E-state index >= 15 is 0 Å². The van der Waals surface area contributed by atoms with Gasteiger partial charge in [-0.25, -0.2) is 4.39 Å². The highest BCUT2D eigenvalue weighted by Crippen LogP contribution is 2.37. The Balaban J connectivity index is 2.31. The lowest BCUT2D eigenvalue weighted by atomic mass is 10.1. The summed E-state index contributed by atoms with van der Waals surface area (Å²) in [6.07, 6.45) is 1.56. The lowest BCUT2D eigenvalue weighted by molar-refractivity contribution is 0.282. The Morgan fingerprint density at radius 1 is 1.40 bits per heavy atom. The smallest absolute Gasteiger partial charge is 0.175 e. The molecule has 0 aliphatic carbocycles. The predicted molar refractivity (Wildman–Crippen MR) is 102 cm³/mol. The third kappa shape index (κ3) is 5.02. The van der Waals surface area contributed by atoms with Crippen LogP contribution in [-0.2, 0) is 6.61 Å². The highest BCUT2D eigenvalue weighted by molar-refractivity contribution is 9.10. The van der Waals surface area contributed by atoms with Crippen molar-refractivity contribution >= 4 is 39.2 Å². The Morgan fingerprint density at radius 2 is 2.16 bits per heavy atom. The molecule has 0 saturated heterocycles. The number of hydrogen-bond acceptors (Lipinski definition) is 4. The van der Waals surface area contributed by atoms with E-state index in [0.717, 1.165) is 0 Å². The first-order valence-electron chi connectivity index (χ1n) is 7.11. The van der Waals surface area contributed by atoms with E-state index in [9.17, 15) is 4.39 Å². The summed E-state index contributed by atoms with van der Waals surface area (Å²) in [7, 11) is 1.50. The minimum absolute atomic E-state index is 0.0176. The largest absolute Gasteiger partial charge is 0.493 e. The Hall–Kier alpha value is -2.43. The Labute approximate surface area is 158 Å². The maximum atomic E-state index is 13.2. The molecule has 2 aromatic rings. The van der Waals surface area contributed by atoms with E-state index in [0.29, 0.717) is 27.1 Å². The molecule has 0 amide bonds. The first kappa shape index (κ1) is 18.9. The van der Waals surface area contributed by atoms with Crippen LogP contribution in [0.1, 0.15) is 11.1 Å². The average molecular weight is 421 g/mol. The van der Waals surface area contributed by atoms with Crippen molar-refractivity contribution in [2.24, 2.45) is 5.73 Å². The first-order chi connectivity index (χ1) is 11.9. The third-order valence-corrected chi connectivity index (χ3v) is 4.03. The van der Waals surface area contributed by atoms with Crippen molar-refractivity contribution in [1.29, 1.82) is 5.26 Å². The molecule has 0 spiro atoms. The number of nitriles is 1. The molecule has 0 atom stereocenters. The van der Waals surface area contributed by atoms with Gasteiger partial charge in [-0.1, -0.05) is 24.4 Å². The molecule has 2 rings (SSSR count). The van der Waals surface area contributed by atoms with Gasteiger partial charge in [-0.05, 0) is 57.4 Å². The number of nitrogens with two attached hydrogens (primary N) is 1. The molecule has 0 aliphatic rings. The quantitative estimate of drug-likeness (QED) is 0.426. The number of halogens is 2. The van der Waals surface area contributed by atoms with Gasteiger partial charge in [0.2, 0.25) is 0 Å². The van der Waals surface area contributed by atoms with Crippen molar-refractivity contribution in [3.8, 4) is 17.6 Å². The molecule has 0 saturated carbocycles. The molecule has 2 N–H and O–H groups in total. The van der Waals surface area contributed by atoms with Gasteiger partial charge < -0.3 is 15.2 Å². The van der Waals surface area contributed by atoms with Gasteiger partial charge in [0.1, 0.15) is 23.5 Å². The summed E-state index contributed by atoms with van der Waals surface area (Å²) >= 11 is 8.25. The van der Waals surface area contributed by atoms with Crippen molar-refractivity contribution in [2.75, 3.05) is 7.11 Å². The van der Waals surface area contributed by atoms with Crippen LogP contribution in [0.15, 0.2) is 46.4 Å². The Kier molecular flexibility index (Phi) is 6.51. The summed E-state index contributed by atoms with van der Waals surface area (Å²) < 4.78 is 25.0. The molecule has 2 aromatic carbocycles. The van der Waals surface area contributed by atoms with Crippen LogP contribution in [0.2, 0.25) is 0 Å². The zero-order chi connectivity index (χ0) is 18.4. The van der Waals surface area contributed by atoms with Gasteiger partial charge in [-0.2, -0.15) is 5.26 Å². The van der Waals surface area contributed by atoms with Gasteiger partial charge in [-0.3, -0.25) is 0 Å². The fourth-order valence-corrected chi connectivity index (χ4v) is 2.75. The minimum Gasteiger partial charge on any atom is -0.493 e. The van der Waals surface area contributed by atoms with Crippen molar-refractivity contribution in [2.45, 2.75) is 6.61 Å². The van der Waals surface area contributed by atoms with Gasteiger partial charge in [-0.15, -0.1) is 0 Å². The number of benzene rings is 2. The molecule has 25 heavy (non-hydrogen) atoms. The molecular formula is C18H14BrFN2O2S. The number of thiocarbonyl (C=S) groups is 1. The van der Waals surface area contributed by atoms with E-state index in [-0.39, 0.29) is 23.0 Å². The van der Waals surface area contributed by atoms with Gasteiger partial charge in [0.25, 0.3) is 0 Å². The van der Waals surface area contributed by atoms with Crippen LogP contribution < -0.4 is 15.2 Å². The van der Waals surface area contributed by atoms with E-state index in [2.05, 4.69) is 15.9 Å². The van der Waals surface area contributed by atoms with Crippen molar-refractivity contribution < 1.29 is 13.9 Å². The molecule has 0 aliphatic heterocycles. The van der Waals surface area contributed by atoms with E-state index in [1.54, 1.807) is 30.3 Å². The molecule has 4 nitrogen and oxygen atoms in total. The van der Waals surface area contributed by atoms with Crippen LogP contribution in [0.3, 0.4) is 0 Å². The molecule has 0 radical (unpaired) electrons. The van der Waals surface area contributed by atoms with Crippen LogP contribution in [-0.4, -0.2) is 12.1 Å². The monoisotopic (exact) mass is 420 g/mol. The molecule has 7 heteroatoms. The molecule has 0 fully saturated rings. The van der Waals surface area contributed by atoms with E-state index in [1.807, 2.05) is 6.07 Å². The molecule has 0 aromatic heterocycles. The average Bonchev–Trinajstić information content (AvgIpc) is 2.58. The van der Waals surface area contributed by atoms with Crippen LogP contribution in [0.5, 0.6) is 11.5 Å². The van der Waals surface area contributed by atoms with Gasteiger partial charge in [0.05, 0.1) is 17.2 Å². The standard InChI is InChI=1S/C18H14BrFN2O2S/c1-23-16-8-12(5-13(9-21)18(22)25)7-15(19)17(16)24-10-11-3-2-4-14(20)6-11/h2-8H,10H2,1H3,(H2,22,25)/b13-5+. The maximum Gasteiger partial charge on any atom is 0.175 e. The summed E-state index contributed by atoms with van der Waals surface area (Å²) in [5.41, 5.74) is 7.06. The van der Waals surface area contributed by atoms with Gasteiger partial charge >= 0.3 is 0 Å². The summed E-state index contributed by atoms with van der Waals surface area (Å²) in [5.74, 6) is 0.601. The van der Waals surface area contributed by atoms with Crippen LogP contribution in [0, 0.1) is 17.1 Å². The van der Waals surface area contributed by atoms with Crippen LogP contribution >= 0.6 is 28.1 Å². The number of nitrogens with zero attached hydrogens (tertiary/aromatic N) is 1. The third-order valence-electron chi connectivity index (χ3n) is 3.22. The second-order valence-electron chi connectivity index (χ2n) is 4.99. The molecule has 0 heterocycles. The lowest BCUT2D eigenvalue weighted by Crippen LogP contribution is -2.09. The highest BCUT2D eigenvalue weighted by Gasteiger charge is 2.12. The molecule has 128 valence electrons. The first-order valence-corrected chi connectivity index (χ1v) is 8.31. The zero-order valence-electron chi connectivity index (χ0n) is 13.3. The van der Waals surface area contributed by atoms with E-state index in [4.69, 9.17) is 32.7 Å². The molecule has 0 unspecified atom stereocenters. The van der Waals surface area contributed by atoms with Crippen molar-refractivity contribution in [3.05, 3.63) is 63.4 Å². The topological polar surface area (TPSA) is 68.3 Å². The number of hydrogen-bond donors (Lipinski definition) is 1. The SMILES string of the molecule is COc1cc(/C=C(\C#N)C(N)=S)cc(Br)c1OCc1cccc(F)c1. The lowest BCUT2D eigenvalue weighted by Gasteiger charge is -2.14. The molecule has 0 bridgehead atoms. The summed E-state index contributed by atoms with van der Waals surface area (Å²) in [6.45, 7) is 0.179. The van der Waals surface area contributed by atoms with Crippen molar-refractivity contribution in [3.63, 3.8) is 0 Å². The normalized spacial score (nSPS) is 10.9. The Morgan fingerprint density at radius 3 is 2.76 bits per heavy atom. The molecular weight excluding hydrogens is 407 g/mol. The van der Waals surface area contributed by atoms with Crippen LogP contribution in [0.4, 0.5) is 4.39 Å². The summed E-state index contributed by atoms with van der Waals surface area (Å²) in [6, 6.07) is 11.5. The summed E-state index contributed by atoms with van der Waals surface area (Å²) in [5, 5.41) is 9.06. The number of rotatable bonds is 6.